The summed E-state index contributed by atoms with van der Waals surface area (Å²) < 4.78 is 0. The van der Waals surface area contributed by atoms with E-state index in [0.29, 0.717) is 6.54 Å². The quantitative estimate of drug-likeness (QED) is 0.752. The Morgan fingerprint density at radius 1 is 1.35 bits per heavy atom. The maximum absolute atomic E-state index is 12.8. The summed E-state index contributed by atoms with van der Waals surface area (Å²) in [6.45, 7) is 10.6. The number of carbonyl (C=O) groups is 1. The van der Waals surface area contributed by atoms with E-state index in [0.717, 1.165) is 56.6 Å². The Balaban J connectivity index is 1.71. The number of likely N-dealkylation sites (tertiary alicyclic amines) is 1. The third-order valence-corrected chi connectivity index (χ3v) is 5.51. The average Bonchev–Trinajstić information content (AvgIpc) is 2.91. The normalized spacial score (nSPS) is 18.9. The lowest BCUT2D eigenvalue weighted by atomic mass is 9.97. The van der Waals surface area contributed by atoms with Gasteiger partial charge in [-0.2, -0.15) is 5.26 Å². The molecular formula is C22H29N3O. The summed E-state index contributed by atoms with van der Waals surface area (Å²) in [5.41, 5.74) is 5.70. The van der Waals surface area contributed by atoms with Crippen molar-refractivity contribution in [2.45, 2.75) is 53.1 Å². The summed E-state index contributed by atoms with van der Waals surface area (Å²) in [5, 5.41) is 9.05. The van der Waals surface area contributed by atoms with Crippen LogP contribution in [-0.4, -0.2) is 35.3 Å². The molecule has 138 valence electrons. The lowest BCUT2D eigenvalue weighted by molar-refractivity contribution is 0.0791. The highest BCUT2D eigenvalue weighted by Crippen LogP contribution is 2.29. The predicted molar refractivity (Wildman–Crippen MR) is 104 cm³/mol. The molecule has 0 aromatic heterocycles. The molecule has 1 aromatic carbocycles. The third kappa shape index (κ3) is 3.99. The van der Waals surface area contributed by atoms with Crippen molar-refractivity contribution in [1.82, 2.24) is 9.80 Å². The molecule has 1 fully saturated rings. The molecule has 0 bridgehead atoms. The van der Waals surface area contributed by atoms with E-state index in [1.54, 1.807) is 0 Å². The van der Waals surface area contributed by atoms with Crippen molar-refractivity contribution in [2.24, 2.45) is 5.92 Å². The Kier molecular flexibility index (Phi) is 5.78. The molecule has 1 amide bonds. The van der Waals surface area contributed by atoms with E-state index in [1.165, 1.54) is 16.7 Å². The standard InChI is InChI=1S/C22H29N3O/c1-4-5-16(2)13-25-15-20-11-19(10-17(3)21(20)22(25)26)14-24-8-6-18(12-23)7-9-24/h5,10-11,18H,4,6-9,13-15H2,1-3H3/b16-5+. The largest absolute Gasteiger partial charge is 0.330 e. The van der Waals surface area contributed by atoms with E-state index >= 15 is 0 Å². The van der Waals surface area contributed by atoms with Crippen molar-refractivity contribution in [3.8, 4) is 6.07 Å². The van der Waals surface area contributed by atoms with Crippen LogP contribution in [0.5, 0.6) is 0 Å². The fraction of sp³-hybridized carbons (Fsp3) is 0.545. The Labute approximate surface area is 157 Å². The van der Waals surface area contributed by atoms with E-state index in [9.17, 15) is 4.79 Å². The number of rotatable bonds is 5. The zero-order chi connectivity index (χ0) is 18.7. The second-order valence-electron chi connectivity index (χ2n) is 7.75. The summed E-state index contributed by atoms with van der Waals surface area (Å²) >= 11 is 0. The second kappa shape index (κ2) is 8.05. The van der Waals surface area contributed by atoms with Crippen LogP contribution in [-0.2, 0) is 13.1 Å². The second-order valence-corrected chi connectivity index (χ2v) is 7.75. The zero-order valence-corrected chi connectivity index (χ0v) is 16.2. The van der Waals surface area contributed by atoms with Crippen molar-refractivity contribution >= 4 is 5.91 Å². The fourth-order valence-corrected chi connectivity index (χ4v) is 4.22. The number of piperidine rings is 1. The van der Waals surface area contributed by atoms with Crippen molar-refractivity contribution in [3.05, 3.63) is 46.0 Å². The summed E-state index contributed by atoms with van der Waals surface area (Å²) in [6.07, 6.45) is 5.14. The molecule has 0 atom stereocenters. The number of hydrogen-bond donors (Lipinski definition) is 0. The van der Waals surface area contributed by atoms with Crippen LogP contribution < -0.4 is 0 Å². The van der Waals surface area contributed by atoms with Crippen LogP contribution in [0, 0.1) is 24.2 Å². The number of allylic oxidation sites excluding steroid dienone is 1. The van der Waals surface area contributed by atoms with E-state index in [-0.39, 0.29) is 11.8 Å². The van der Waals surface area contributed by atoms with Crippen LogP contribution >= 0.6 is 0 Å². The first-order valence-corrected chi connectivity index (χ1v) is 9.71. The van der Waals surface area contributed by atoms with Gasteiger partial charge >= 0.3 is 0 Å². The molecule has 0 N–H and O–H groups in total. The van der Waals surface area contributed by atoms with Crippen molar-refractivity contribution < 1.29 is 4.79 Å². The lowest BCUT2D eigenvalue weighted by Gasteiger charge is -2.29. The van der Waals surface area contributed by atoms with Gasteiger partial charge in [0.15, 0.2) is 0 Å². The molecule has 0 aliphatic carbocycles. The monoisotopic (exact) mass is 351 g/mol. The van der Waals surface area contributed by atoms with Gasteiger partial charge in [0.2, 0.25) is 0 Å². The number of aryl methyl sites for hydroxylation is 1. The summed E-state index contributed by atoms with van der Waals surface area (Å²) in [6, 6.07) is 6.78. The smallest absolute Gasteiger partial charge is 0.255 e. The molecule has 0 unspecified atom stereocenters. The van der Waals surface area contributed by atoms with E-state index in [2.05, 4.69) is 49.9 Å². The van der Waals surface area contributed by atoms with Gasteiger partial charge in [0.05, 0.1) is 6.07 Å². The molecule has 1 aromatic rings. The minimum Gasteiger partial charge on any atom is -0.330 e. The van der Waals surface area contributed by atoms with Crippen LogP contribution in [0.1, 0.15) is 60.2 Å². The molecule has 1 saturated heterocycles. The molecule has 0 saturated carbocycles. The van der Waals surface area contributed by atoms with Crippen LogP contribution in [0.3, 0.4) is 0 Å². The third-order valence-electron chi connectivity index (χ3n) is 5.51. The summed E-state index contributed by atoms with van der Waals surface area (Å²) in [5.74, 6) is 0.390. The number of amides is 1. The number of hydrogen-bond acceptors (Lipinski definition) is 3. The average molecular weight is 351 g/mol. The maximum Gasteiger partial charge on any atom is 0.255 e. The number of benzene rings is 1. The first-order chi connectivity index (χ1) is 12.5. The van der Waals surface area contributed by atoms with Gasteiger partial charge in [-0.1, -0.05) is 30.7 Å². The fourth-order valence-electron chi connectivity index (χ4n) is 4.22. The molecule has 0 radical (unpaired) electrons. The minimum atomic E-state index is 0.169. The Morgan fingerprint density at radius 3 is 2.73 bits per heavy atom. The number of nitriles is 1. The van der Waals surface area contributed by atoms with E-state index < -0.39 is 0 Å². The highest BCUT2D eigenvalue weighted by molar-refractivity contribution is 6.00. The van der Waals surface area contributed by atoms with Crippen molar-refractivity contribution in [2.75, 3.05) is 19.6 Å². The SMILES string of the molecule is CC/C=C(\C)CN1Cc2cc(CN3CCC(C#N)CC3)cc(C)c2C1=O. The Bertz CT molecular complexity index is 751. The van der Waals surface area contributed by atoms with Gasteiger partial charge in [0.1, 0.15) is 0 Å². The first kappa shape index (κ1) is 18.7. The minimum absolute atomic E-state index is 0.169. The van der Waals surface area contributed by atoms with Gasteiger partial charge in [0, 0.05) is 31.1 Å². The Morgan fingerprint density at radius 2 is 2.08 bits per heavy atom. The van der Waals surface area contributed by atoms with Crippen LogP contribution in [0.4, 0.5) is 0 Å². The Hall–Kier alpha value is -2.12. The molecular weight excluding hydrogens is 322 g/mol. The number of nitrogens with zero attached hydrogens (tertiary/aromatic N) is 3. The molecule has 3 rings (SSSR count). The summed E-state index contributed by atoms with van der Waals surface area (Å²) in [7, 11) is 0. The van der Waals surface area contributed by atoms with Gasteiger partial charge in [-0.25, -0.2) is 0 Å². The van der Waals surface area contributed by atoms with E-state index in [4.69, 9.17) is 5.26 Å². The topological polar surface area (TPSA) is 47.3 Å². The van der Waals surface area contributed by atoms with Crippen molar-refractivity contribution in [3.63, 3.8) is 0 Å². The first-order valence-electron chi connectivity index (χ1n) is 9.71. The summed E-state index contributed by atoms with van der Waals surface area (Å²) in [4.78, 5) is 17.2. The van der Waals surface area contributed by atoms with E-state index in [1.807, 2.05) is 4.90 Å². The van der Waals surface area contributed by atoms with Crippen LogP contribution in [0.25, 0.3) is 0 Å². The molecule has 4 nitrogen and oxygen atoms in total. The lowest BCUT2D eigenvalue weighted by Crippen LogP contribution is -2.32. The zero-order valence-electron chi connectivity index (χ0n) is 16.2. The van der Waals surface area contributed by atoms with Gasteiger partial charge < -0.3 is 4.90 Å². The van der Waals surface area contributed by atoms with Gasteiger partial charge in [0.25, 0.3) is 5.91 Å². The highest BCUT2D eigenvalue weighted by Gasteiger charge is 2.29. The van der Waals surface area contributed by atoms with Gasteiger partial charge in [-0.15, -0.1) is 0 Å². The molecule has 26 heavy (non-hydrogen) atoms. The van der Waals surface area contributed by atoms with Crippen LogP contribution in [0.2, 0.25) is 0 Å². The number of fused-ring (bicyclic) bond motifs is 1. The van der Waals surface area contributed by atoms with Gasteiger partial charge in [-0.3, -0.25) is 9.69 Å². The molecule has 2 aliphatic rings. The van der Waals surface area contributed by atoms with Crippen molar-refractivity contribution in [1.29, 1.82) is 5.26 Å². The number of carbonyl (C=O) groups excluding carboxylic acids is 1. The van der Waals surface area contributed by atoms with Gasteiger partial charge in [-0.05, 0) is 62.9 Å². The predicted octanol–water partition coefficient (Wildman–Crippen LogP) is 4.04. The molecule has 4 heteroatoms. The maximum atomic E-state index is 12.8. The highest BCUT2D eigenvalue weighted by atomic mass is 16.2. The van der Waals surface area contributed by atoms with Crippen LogP contribution in [0.15, 0.2) is 23.8 Å². The molecule has 0 spiro atoms. The molecule has 2 aliphatic heterocycles. The molecule has 2 heterocycles.